The molecule has 2 aliphatic heterocycles. The fourth-order valence-corrected chi connectivity index (χ4v) is 6.99. The first-order valence-corrected chi connectivity index (χ1v) is 15.7. The van der Waals surface area contributed by atoms with Crippen LogP contribution in [-0.2, 0) is 16.4 Å². The van der Waals surface area contributed by atoms with Crippen molar-refractivity contribution in [2.24, 2.45) is 5.41 Å². The van der Waals surface area contributed by atoms with E-state index in [1.54, 1.807) is 17.0 Å². The van der Waals surface area contributed by atoms with Crippen molar-refractivity contribution in [1.29, 1.82) is 0 Å². The van der Waals surface area contributed by atoms with Crippen LogP contribution in [0.2, 0.25) is 0 Å². The van der Waals surface area contributed by atoms with Gasteiger partial charge in [-0.25, -0.2) is 26.0 Å². The van der Waals surface area contributed by atoms with Gasteiger partial charge in [0, 0.05) is 43.6 Å². The van der Waals surface area contributed by atoms with E-state index in [9.17, 15) is 17.2 Å². The lowest BCUT2D eigenvalue weighted by molar-refractivity contribution is -0.0233. The Labute approximate surface area is 240 Å². The van der Waals surface area contributed by atoms with Crippen LogP contribution >= 0.6 is 0 Å². The number of rotatable bonds is 12. The number of alkyl halides is 4. The van der Waals surface area contributed by atoms with Crippen molar-refractivity contribution in [2.45, 2.75) is 70.5 Å². The smallest absolute Gasteiger partial charge is 0.235 e. The van der Waals surface area contributed by atoms with Gasteiger partial charge in [0.1, 0.15) is 24.3 Å². The molecule has 2 unspecified atom stereocenters. The Bertz CT molecular complexity index is 1260. The first-order valence-electron chi connectivity index (χ1n) is 14.1. The molecule has 1 aliphatic carbocycles. The number of hydrogen-bond donors (Lipinski definition) is 2. The molecule has 1 fully saturated rings. The summed E-state index contributed by atoms with van der Waals surface area (Å²) < 4.78 is 99.3. The number of benzene rings is 1. The molecule has 2 N–H and O–H groups in total. The molecule has 3 aliphatic rings. The second-order valence-electron chi connectivity index (χ2n) is 12.3. The molecule has 4 rings (SSSR count). The normalized spacial score (nSPS) is 28.0. The molecule has 1 saturated heterocycles. The molecule has 1 aromatic rings. The lowest BCUT2D eigenvalue weighted by atomic mass is 9.67. The third-order valence-corrected chi connectivity index (χ3v) is 9.47. The minimum atomic E-state index is -3.89. The Hall–Kier alpha value is -2.18. The van der Waals surface area contributed by atoms with Gasteiger partial charge in [-0.3, -0.25) is 18.9 Å². The van der Waals surface area contributed by atoms with E-state index in [4.69, 9.17) is 0 Å². The SMILES string of the molecule is C[C@@H]1Cc2cc(NS(=O)(=O)CCF)ccc2[C@@H](C2(C)C(F)=CC(NC3CN(CCCF)C3)=CC2F)N1CC(C)(C)F. The van der Waals surface area contributed by atoms with Crippen LogP contribution in [0.5, 0.6) is 0 Å². The molecule has 4 atom stereocenters. The van der Waals surface area contributed by atoms with Gasteiger partial charge in [-0.1, -0.05) is 6.07 Å². The summed E-state index contributed by atoms with van der Waals surface area (Å²) >= 11 is 0. The lowest BCUT2D eigenvalue weighted by Gasteiger charge is -2.52. The number of anilines is 1. The van der Waals surface area contributed by atoms with Gasteiger partial charge in [0.25, 0.3) is 0 Å². The van der Waals surface area contributed by atoms with Crippen molar-refractivity contribution in [1.82, 2.24) is 15.1 Å². The molecule has 0 radical (unpaired) electrons. The number of sulfonamides is 1. The lowest BCUT2D eigenvalue weighted by Crippen LogP contribution is -2.58. The van der Waals surface area contributed by atoms with Gasteiger partial charge in [-0.2, -0.15) is 0 Å². The third kappa shape index (κ3) is 7.07. The molecule has 6 nitrogen and oxygen atoms in total. The number of likely N-dealkylation sites (tertiary alicyclic amines) is 1. The quantitative estimate of drug-likeness (QED) is 0.323. The summed E-state index contributed by atoms with van der Waals surface area (Å²) in [4.78, 5) is 3.87. The maximum atomic E-state index is 16.2. The summed E-state index contributed by atoms with van der Waals surface area (Å²) in [6.45, 7) is 6.69. The molecular formula is C29H41F5N4O2S. The van der Waals surface area contributed by atoms with E-state index >= 15 is 13.2 Å². The van der Waals surface area contributed by atoms with Gasteiger partial charge in [0.15, 0.2) is 0 Å². The molecule has 1 aromatic carbocycles. The summed E-state index contributed by atoms with van der Waals surface area (Å²) in [5, 5.41) is 3.18. The zero-order valence-electron chi connectivity index (χ0n) is 24.1. The minimum Gasteiger partial charge on any atom is -0.380 e. The highest BCUT2D eigenvalue weighted by molar-refractivity contribution is 7.92. The van der Waals surface area contributed by atoms with Crippen LogP contribution in [0, 0.1) is 5.41 Å². The number of hydrogen-bond acceptors (Lipinski definition) is 5. The average molecular weight is 605 g/mol. The van der Waals surface area contributed by atoms with E-state index in [-0.39, 0.29) is 31.0 Å². The molecule has 12 heteroatoms. The molecular weight excluding hydrogens is 563 g/mol. The molecule has 2 heterocycles. The van der Waals surface area contributed by atoms with Crippen LogP contribution in [0.1, 0.15) is 51.3 Å². The highest BCUT2D eigenvalue weighted by atomic mass is 32.2. The van der Waals surface area contributed by atoms with Gasteiger partial charge in [-0.15, -0.1) is 0 Å². The van der Waals surface area contributed by atoms with E-state index in [1.165, 1.54) is 39.0 Å². The van der Waals surface area contributed by atoms with Crippen molar-refractivity contribution in [3.63, 3.8) is 0 Å². The molecule has 0 bridgehead atoms. The predicted octanol–water partition coefficient (Wildman–Crippen LogP) is 5.16. The van der Waals surface area contributed by atoms with Crippen LogP contribution in [0.25, 0.3) is 0 Å². The second kappa shape index (κ2) is 12.2. The first-order chi connectivity index (χ1) is 19.2. The number of allylic oxidation sites excluding steroid dienone is 2. The van der Waals surface area contributed by atoms with E-state index in [2.05, 4.69) is 14.9 Å². The summed E-state index contributed by atoms with van der Waals surface area (Å²) in [5.74, 6) is -1.36. The van der Waals surface area contributed by atoms with Crippen molar-refractivity contribution in [2.75, 3.05) is 50.0 Å². The van der Waals surface area contributed by atoms with Gasteiger partial charge in [-0.05, 0) is 75.9 Å². The zero-order chi connectivity index (χ0) is 30.2. The second-order valence-corrected chi connectivity index (χ2v) is 14.2. The van der Waals surface area contributed by atoms with Crippen LogP contribution < -0.4 is 10.0 Å². The number of nitrogens with zero attached hydrogens (tertiary/aromatic N) is 2. The van der Waals surface area contributed by atoms with Gasteiger partial charge < -0.3 is 5.32 Å². The summed E-state index contributed by atoms with van der Waals surface area (Å²) in [6, 6.07) is 3.52. The topological polar surface area (TPSA) is 64.7 Å². The predicted molar refractivity (Wildman–Crippen MR) is 152 cm³/mol. The van der Waals surface area contributed by atoms with Crippen LogP contribution in [0.15, 0.2) is 41.9 Å². The van der Waals surface area contributed by atoms with Gasteiger partial charge in [0.2, 0.25) is 10.0 Å². The molecule has 0 spiro atoms. The third-order valence-electron chi connectivity index (χ3n) is 8.23. The Balaban J connectivity index is 1.65. The molecule has 0 aromatic heterocycles. The van der Waals surface area contributed by atoms with Gasteiger partial charge >= 0.3 is 0 Å². The largest absolute Gasteiger partial charge is 0.380 e. The Kier molecular flexibility index (Phi) is 9.45. The highest BCUT2D eigenvalue weighted by Crippen LogP contribution is 2.54. The van der Waals surface area contributed by atoms with E-state index in [1.807, 2.05) is 6.92 Å². The van der Waals surface area contributed by atoms with Crippen LogP contribution in [0.4, 0.5) is 27.6 Å². The van der Waals surface area contributed by atoms with E-state index in [0.717, 1.165) is 0 Å². The minimum absolute atomic E-state index is 0.000303. The van der Waals surface area contributed by atoms with Crippen LogP contribution in [0.3, 0.4) is 0 Å². The average Bonchev–Trinajstić information content (AvgIpc) is 2.83. The standard InChI is InChI=1S/C29H41F5N4O2S/c1-19-12-20-13-21(36-41(39,40)11-9-31)6-7-24(20)27(38(19)18-28(2,3)34)29(4)25(32)14-22(15-26(29)33)35-23-16-37(17-23)10-5-8-30/h6-7,13-15,19,23,25,27,35-36H,5,8-12,16-18H2,1-4H3/t19-,25?,27+,29?/m1/s1. The molecule has 0 amide bonds. The highest BCUT2D eigenvalue weighted by Gasteiger charge is 2.53. The Morgan fingerprint density at radius 1 is 1.17 bits per heavy atom. The summed E-state index contributed by atoms with van der Waals surface area (Å²) in [5.41, 5.74) is -1.50. The zero-order valence-corrected chi connectivity index (χ0v) is 24.9. The first kappa shape index (κ1) is 31.7. The van der Waals surface area contributed by atoms with Crippen molar-refractivity contribution >= 4 is 15.7 Å². The maximum absolute atomic E-state index is 16.2. The molecule has 41 heavy (non-hydrogen) atoms. The number of halogens is 5. The summed E-state index contributed by atoms with van der Waals surface area (Å²) in [6.07, 6.45) is 1.77. The van der Waals surface area contributed by atoms with E-state index in [0.29, 0.717) is 49.3 Å². The van der Waals surface area contributed by atoms with Crippen molar-refractivity contribution in [3.8, 4) is 0 Å². The Morgan fingerprint density at radius 2 is 1.88 bits per heavy atom. The van der Waals surface area contributed by atoms with Crippen molar-refractivity contribution < 1.29 is 30.4 Å². The van der Waals surface area contributed by atoms with Crippen LogP contribution in [-0.4, -0.2) is 87.4 Å². The number of nitrogens with one attached hydrogen (secondary N) is 2. The summed E-state index contributed by atoms with van der Waals surface area (Å²) in [7, 11) is -3.89. The van der Waals surface area contributed by atoms with E-state index < -0.39 is 51.6 Å². The van der Waals surface area contributed by atoms with Crippen molar-refractivity contribution in [3.05, 3.63) is 53.0 Å². The molecule has 0 saturated carbocycles. The fraction of sp³-hybridized carbons (Fsp3) is 0.655. The fourth-order valence-electron chi connectivity index (χ4n) is 6.20. The van der Waals surface area contributed by atoms with Gasteiger partial charge in [0.05, 0.1) is 29.9 Å². The Morgan fingerprint density at radius 3 is 2.49 bits per heavy atom. The monoisotopic (exact) mass is 604 g/mol. The maximum Gasteiger partial charge on any atom is 0.235 e. The molecule has 230 valence electrons. The number of fused-ring (bicyclic) bond motifs is 1.